The maximum absolute atomic E-state index is 12.8. The summed E-state index contributed by atoms with van der Waals surface area (Å²) in [4.78, 5) is 71.9. The molecule has 1 fully saturated rings. The number of carbonyl (C=O) groups is 6. The molecule has 2 heterocycles. The van der Waals surface area contributed by atoms with E-state index in [-0.39, 0.29) is 12.8 Å². The Balaban J connectivity index is 0.000000271. The highest BCUT2D eigenvalue weighted by Gasteiger charge is 2.52. The molecular weight excluding hydrogens is 546 g/mol. The lowest BCUT2D eigenvalue weighted by Gasteiger charge is -2.37. The molecule has 11 nitrogen and oxygen atoms in total. The first-order valence-corrected chi connectivity index (χ1v) is 13.0. The Hall–Kier alpha value is -5.32. The second-order valence-electron chi connectivity index (χ2n) is 9.78. The van der Waals surface area contributed by atoms with Crippen LogP contribution in [0.2, 0.25) is 0 Å². The van der Waals surface area contributed by atoms with Crippen molar-refractivity contribution in [3.05, 3.63) is 94.0 Å². The first-order valence-electron chi connectivity index (χ1n) is 13.0. The zero-order valence-electron chi connectivity index (χ0n) is 22.9. The lowest BCUT2D eigenvalue weighted by Crippen LogP contribution is -2.35. The van der Waals surface area contributed by atoms with Crippen molar-refractivity contribution in [1.29, 1.82) is 0 Å². The molecule has 1 aliphatic carbocycles. The number of benzene rings is 3. The average Bonchev–Trinajstić information content (AvgIpc) is 3.39. The first-order chi connectivity index (χ1) is 20.0. The van der Waals surface area contributed by atoms with Crippen LogP contribution in [-0.4, -0.2) is 40.8 Å². The topological polar surface area (TPSA) is 143 Å². The van der Waals surface area contributed by atoms with Gasteiger partial charge in [0.15, 0.2) is 5.60 Å². The molecular formula is C31H25NO10. The summed E-state index contributed by atoms with van der Waals surface area (Å²) >= 11 is 0. The van der Waals surface area contributed by atoms with Gasteiger partial charge in [0.1, 0.15) is 11.5 Å². The molecule has 3 aromatic rings. The highest BCUT2D eigenvalue weighted by atomic mass is 16.7. The van der Waals surface area contributed by atoms with E-state index in [2.05, 4.69) is 4.84 Å². The van der Waals surface area contributed by atoms with Crippen molar-refractivity contribution >= 4 is 35.7 Å². The van der Waals surface area contributed by atoms with E-state index < -0.39 is 41.3 Å². The van der Waals surface area contributed by atoms with E-state index >= 15 is 0 Å². The summed E-state index contributed by atoms with van der Waals surface area (Å²) in [6.45, 7) is 3.83. The molecule has 0 aromatic heterocycles. The molecule has 0 unspecified atom stereocenters. The summed E-state index contributed by atoms with van der Waals surface area (Å²) < 4.78 is 16.6. The Bertz CT molecular complexity index is 1590. The van der Waals surface area contributed by atoms with Crippen LogP contribution in [0, 0.1) is 0 Å². The monoisotopic (exact) mass is 571 g/mol. The molecule has 0 atom stereocenters. The molecule has 3 aromatic carbocycles. The third-order valence-electron chi connectivity index (χ3n) is 6.81. The van der Waals surface area contributed by atoms with Crippen molar-refractivity contribution in [1.82, 2.24) is 5.06 Å². The molecule has 1 spiro atoms. The molecule has 11 heteroatoms. The summed E-state index contributed by atoms with van der Waals surface area (Å²) in [6.07, 6.45) is 0.759. The number of hydrogen-bond acceptors (Lipinski definition) is 10. The quantitative estimate of drug-likeness (QED) is 0.260. The van der Waals surface area contributed by atoms with Gasteiger partial charge in [0, 0.05) is 50.3 Å². The number of fused-ring (bicyclic) bond motifs is 6. The number of nitrogens with zero attached hydrogens (tertiary/aromatic N) is 1. The standard InChI is InChI=1S/C25H18O6.C6H7NO4/c1-14(26)29-18-7-9-21-16(12-18)11-17-13-19(30-15(2)27)8-10-22(17)25(21)23-6-4-3-5-20(23)24(28)31-25;1-4(8)11-7-5(9)2-3-6(7)10/h3-10,12-13H,11H2,1-2H3;2-3H2,1H3. The van der Waals surface area contributed by atoms with Crippen LogP contribution in [0.4, 0.5) is 0 Å². The molecule has 1 saturated heterocycles. The summed E-state index contributed by atoms with van der Waals surface area (Å²) in [5.41, 5.74) is 3.48. The van der Waals surface area contributed by atoms with Gasteiger partial charge in [-0.3, -0.25) is 19.2 Å². The Morgan fingerprint density at radius 2 is 1.24 bits per heavy atom. The summed E-state index contributed by atoms with van der Waals surface area (Å²) in [5, 5.41) is 0.516. The molecule has 42 heavy (non-hydrogen) atoms. The lowest BCUT2D eigenvalue weighted by molar-refractivity contribution is -0.195. The van der Waals surface area contributed by atoms with Crippen LogP contribution >= 0.6 is 0 Å². The molecule has 3 aliphatic rings. The van der Waals surface area contributed by atoms with Gasteiger partial charge in [-0.1, -0.05) is 30.3 Å². The molecule has 0 bridgehead atoms. The minimum Gasteiger partial charge on any atom is -0.441 e. The van der Waals surface area contributed by atoms with Crippen molar-refractivity contribution in [2.24, 2.45) is 0 Å². The van der Waals surface area contributed by atoms with E-state index in [0.717, 1.165) is 34.7 Å². The van der Waals surface area contributed by atoms with Crippen LogP contribution in [0.1, 0.15) is 71.8 Å². The lowest BCUT2D eigenvalue weighted by atomic mass is 9.71. The zero-order valence-corrected chi connectivity index (χ0v) is 22.9. The van der Waals surface area contributed by atoms with E-state index in [0.29, 0.717) is 28.5 Å². The third kappa shape index (κ3) is 5.12. The Kier molecular flexibility index (Phi) is 7.34. The number of rotatable bonds is 3. The highest BCUT2D eigenvalue weighted by molar-refractivity contribution is 6.01. The predicted molar refractivity (Wildman–Crippen MR) is 143 cm³/mol. The normalized spacial score (nSPS) is 15.5. The Morgan fingerprint density at radius 1 is 0.714 bits per heavy atom. The van der Waals surface area contributed by atoms with Gasteiger partial charge in [-0.15, -0.1) is 5.06 Å². The summed E-state index contributed by atoms with van der Waals surface area (Å²) in [7, 11) is 0. The predicted octanol–water partition coefficient (Wildman–Crippen LogP) is 3.52. The maximum atomic E-state index is 12.8. The van der Waals surface area contributed by atoms with Crippen molar-refractivity contribution in [3.63, 3.8) is 0 Å². The largest absolute Gasteiger partial charge is 0.441 e. The Morgan fingerprint density at radius 3 is 1.74 bits per heavy atom. The van der Waals surface area contributed by atoms with Crippen LogP contribution in [0.5, 0.6) is 11.5 Å². The van der Waals surface area contributed by atoms with Crippen LogP contribution in [0.3, 0.4) is 0 Å². The van der Waals surface area contributed by atoms with Crippen LogP contribution in [-0.2, 0) is 45.6 Å². The molecule has 2 amide bonds. The number of ether oxygens (including phenoxy) is 3. The fourth-order valence-corrected chi connectivity index (χ4v) is 5.33. The van der Waals surface area contributed by atoms with Crippen molar-refractivity contribution < 1.29 is 47.8 Å². The summed E-state index contributed by atoms with van der Waals surface area (Å²) in [6, 6.07) is 18.0. The van der Waals surface area contributed by atoms with E-state index in [9.17, 15) is 28.8 Å². The fraction of sp³-hybridized carbons (Fsp3) is 0.226. The molecule has 0 radical (unpaired) electrons. The Labute approximate surface area is 239 Å². The van der Waals surface area contributed by atoms with Crippen LogP contribution < -0.4 is 9.47 Å². The third-order valence-corrected chi connectivity index (χ3v) is 6.81. The smallest absolute Gasteiger partial charge is 0.340 e. The van der Waals surface area contributed by atoms with E-state index in [1.165, 1.54) is 13.8 Å². The minimum atomic E-state index is -1.12. The number of esters is 3. The average molecular weight is 572 g/mol. The van der Waals surface area contributed by atoms with Gasteiger partial charge < -0.3 is 19.0 Å². The fourth-order valence-electron chi connectivity index (χ4n) is 5.33. The maximum Gasteiger partial charge on any atom is 0.340 e. The SMILES string of the molecule is CC(=O)ON1C(=O)CCC1=O.CC(=O)Oc1ccc2c(c1)Cc1cc(OC(C)=O)ccc1C21OC(=O)c2ccccc21. The first kappa shape index (κ1) is 28.2. The van der Waals surface area contributed by atoms with Crippen molar-refractivity contribution in [3.8, 4) is 11.5 Å². The number of hydrogen-bond donors (Lipinski definition) is 0. The molecule has 0 N–H and O–H groups in total. The van der Waals surface area contributed by atoms with Crippen LogP contribution in [0.15, 0.2) is 60.7 Å². The van der Waals surface area contributed by atoms with Crippen molar-refractivity contribution in [2.75, 3.05) is 0 Å². The van der Waals surface area contributed by atoms with Gasteiger partial charge in [0.05, 0.1) is 5.56 Å². The number of amides is 2. The van der Waals surface area contributed by atoms with Crippen molar-refractivity contribution in [2.45, 2.75) is 45.6 Å². The second-order valence-corrected chi connectivity index (χ2v) is 9.78. The van der Waals surface area contributed by atoms with Gasteiger partial charge in [-0.05, 0) is 47.9 Å². The van der Waals surface area contributed by atoms with E-state index in [1.54, 1.807) is 36.4 Å². The van der Waals surface area contributed by atoms with Gasteiger partial charge in [-0.2, -0.15) is 0 Å². The summed E-state index contributed by atoms with van der Waals surface area (Å²) in [5.74, 6) is -1.97. The second kappa shape index (κ2) is 10.9. The number of imide groups is 1. The highest BCUT2D eigenvalue weighted by Crippen LogP contribution is 2.52. The van der Waals surface area contributed by atoms with Gasteiger partial charge in [0.25, 0.3) is 11.8 Å². The number of hydroxylamine groups is 2. The van der Waals surface area contributed by atoms with E-state index in [1.807, 2.05) is 24.3 Å². The van der Waals surface area contributed by atoms with E-state index in [4.69, 9.17) is 14.2 Å². The zero-order chi connectivity index (χ0) is 30.2. The minimum absolute atomic E-state index is 0.131. The van der Waals surface area contributed by atoms with Gasteiger partial charge in [0.2, 0.25) is 0 Å². The van der Waals surface area contributed by atoms with Gasteiger partial charge >= 0.3 is 23.9 Å². The van der Waals surface area contributed by atoms with Crippen LogP contribution in [0.25, 0.3) is 0 Å². The molecule has 214 valence electrons. The molecule has 0 saturated carbocycles. The number of carbonyl (C=O) groups excluding carboxylic acids is 6. The molecule has 2 aliphatic heterocycles. The van der Waals surface area contributed by atoms with Gasteiger partial charge in [-0.25, -0.2) is 9.59 Å². The molecule has 6 rings (SSSR count).